The third kappa shape index (κ3) is 3.66. The lowest BCUT2D eigenvalue weighted by molar-refractivity contribution is 0.232. The Balaban J connectivity index is 1.96. The van der Waals surface area contributed by atoms with Crippen LogP contribution in [0.25, 0.3) is 0 Å². The molecule has 18 heavy (non-hydrogen) atoms. The third-order valence-electron chi connectivity index (χ3n) is 2.08. The molecule has 0 aliphatic rings. The number of aromatic nitrogens is 3. The predicted octanol–water partition coefficient (Wildman–Crippen LogP) is 2.64. The van der Waals surface area contributed by atoms with Gasteiger partial charge in [-0.3, -0.25) is 0 Å². The van der Waals surface area contributed by atoms with E-state index < -0.39 is 0 Å². The molecule has 0 saturated carbocycles. The minimum Gasteiger partial charge on any atom is -0.475 e. The van der Waals surface area contributed by atoms with E-state index in [1.165, 1.54) is 0 Å². The number of nitrogens with one attached hydrogen (secondary N) is 1. The number of aryl methyl sites for hydroxylation is 1. The van der Waals surface area contributed by atoms with Gasteiger partial charge in [-0.25, -0.2) is 9.97 Å². The molecule has 0 unspecified atom stereocenters. The van der Waals surface area contributed by atoms with E-state index in [4.69, 9.17) is 4.74 Å². The number of rotatable bonds is 5. The first-order valence-electron chi connectivity index (χ1n) is 5.78. The van der Waals surface area contributed by atoms with Gasteiger partial charge in [-0.1, -0.05) is 0 Å². The zero-order valence-electron chi connectivity index (χ0n) is 10.7. The van der Waals surface area contributed by atoms with Crippen LogP contribution in [0.4, 0.5) is 5.95 Å². The first-order valence-corrected chi connectivity index (χ1v) is 6.66. The molecule has 0 radical (unpaired) electrons. The molecule has 0 fully saturated rings. The Kier molecular flexibility index (Phi) is 4.09. The maximum atomic E-state index is 5.51. The van der Waals surface area contributed by atoms with Gasteiger partial charge in [0.25, 0.3) is 0 Å². The van der Waals surface area contributed by atoms with Gasteiger partial charge in [0.05, 0.1) is 23.4 Å². The number of ether oxygens (including phenoxy) is 1. The van der Waals surface area contributed by atoms with Crippen molar-refractivity contribution in [3.63, 3.8) is 0 Å². The van der Waals surface area contributed by atoms with Gasteiger partial charge in [-0.05, 0) is 20.8 Å². The second-order valence-electron chi connectivity index (χ2n) is 4.10. The van der Waals surface area contributed by atoms with Crippen molar-refractivity contribution in [3.8, 4) is 5.88 Å². The standard InChI is InChI=1S/C12H16N4OS/c1-8(2)17-11-4-5-13-12(16-11)14-6-10-7-18-9(3)15-10/h4-5,7-8H,6H2,1-3H3,(H,13,14,16). The van der Waals surface area contributed by atoms with E-state index >= 15 is 0 Å². The molecule has 0 atom stereocenters. The van der Waals surface area contributed by atoms with Crippen molar-refractivity contribution in [2.24, 2.45) is 0 Å². The number of hydrogen-bond acceptors (Lipinski definition) is 6. The number of anilines is 1. The topological polar surface area (TPSA) is 59.9 Å². The van der Waals surface area contributed by atoms with Gasteiger partial charge in [-0.2, -0.15) is 4.98 Å². The number of hydrogen-bond donors (Lipinski definition) is 1. The zero-order chi connectivity index (χ0) is 13.0. The highest BCUT2D eigenvalue weighted by atomic mass is 32.1. The smallest absolute Gasteiger partial charge is 0.226 e. The Morgan fingerprint density at radius 3 is 2.89 bits per heavy atom. The summed E-state index contributed by atoms with van der Waals surface area (Å²) in [7, 11) is 0. The van der Waals surface area contributed by atoms with Gasteiger partial charge in [0.2, 0.25) is 11.8 Å². The SMILES string of the molecule is Cc1nc(CNc2nccc(OC(C)C)n2)cs1. The summed E-state index contributed by atoms with van der Waals surface area (Å²) >= 11 is 1.63. The summed E-state index contributed by atoms with van der Waals surface area (Å²) in [5.41, 5.74) is 0.997. The van der Waals surface area contributed by atoms with Gasteiger partial charge in [0, 0.05) is 17.6 Å². The van der Waals surface area contributed by atoms with Gasteiger partial charge >= 0.3 is 0 Å². The van der Waals surface area contributed by atoms with Crippen LogP contribution >= 0.6 is 11.3 Å². The van der Waals surface area contributed by atoms with Crippen LogP contribution in [0.2, 0.25) is 0 Å². The predicted molar refractivity (Wildman–Crippen MR) is 72.0 cm³/mol. The second kappa shape index (κ2) is 5.77. The minimum atomic E-state index is 0.106. The molecule has 5 nitrogen and oxygen atoms in total. The van der Waals surface area contributed by atoms with E-state index in [-0.39, 0.29) is 6.10 Å². The summed E-state index contributed by atoms with van der Waals surface area (Å²) in [5, 5.41) is 6.21. The maximum absolute atomic E-state index is 5.51. The van der Waals surface area contributed by atoms with Gasteiger partial charge < -0.3 is 10.1 Å². The Morgan fingerprint density at radius 2 is 2.22 bits per heavy atom. The van der Waals surface area contributed by atoms with E-state index in [0.29, 0.717) is 18.4 Å². The molecule has 2 aromatic rings. The first-order chi connectivity index (χ1) is 8.63. The van der Waals surface area contributed by atoms with Crippen molar-refractivity contribution in [1.82, 2.24) is 15.0 Å². The summed E-state index contributed by atoms with van der Waals surface area (Å²) < 4.78 is 5.51. The molecule has 0 bridgehead atoms. The van der Waals surface area contributed by atoms with E-state index in [2.05, 4.69) is 20.3 Å². The van der Waals surface area contributed by atoms with Crippen LogP contribution in [0.3, 0.4) is 0 Å². The molecule has 0 aromatic carbocycles. The van der Waals surface area contributed by atoms with Gasteiger partial charge in [0.15, 0.2) is 0 Å². The fourth-order valence-corrected chi connectivity index (χ4v) is 2.01. The zero-order valence-corrected chi connectivity index (χ0v) is 11.5. The van der Waals surface area contributed by atoms with Crippen LogP contribution in [-0.4, -0.2) is 21.1 Å². The first kappa shape index (κ1) is 12.8. The summed E-state index contributed by atoms with van der Waals surface area (Å²) in [6, 6.07) is 1.75. The van der Waals surface area contributed by atoms with E-state index in [9.17, 15) is 0 Å². The third-order valence-corrected chi connectivity index (χ3v) is 2.90. The summed E-state index contributed by atoms with van der Waals surface area (Å²) in [6.45, 7) is 6.54. The highest BCUT2D eigenvalue weighted by Gasteiger charge is 2.03. The van der Waals surface area contributed by atoms with E-state index in [0.717, 1.165) is 10.7 Å². The molecular formula is C12H16N4OS. The van der Waals surface area contributed by atoms with Crippen molar-refractivity contribution >= 4 is 17.3 Å². The molecule has 2 aromatic heterocycles. The molecule has 0 aliphatic carbocycles. The molecular weight excluding hydrogens is 248 g/mol. The number of thiazole rings is 1. The molecule has 0 saturated heterocycles. The summed E-state index contributed by atoms with van der Waals surface area (Å²) in [4.78, 5) is 12.8. The van der Waals surface area contributed by atoms with Crippen LogP contribution < -0.4 is 10.1 Å². The molecule has 1 N–H and O–H groups in total. The van der Waals surface area contributed by atoms with Gasteiger partial charge in [-0.15, -0.1) is 11.3 Å². The Hall–Kier alpha value is -1.69. The van der Waals surface area contributed by atoms with Crippen LogP contribution in [0.15, 0.2) is 17.6 Å². The number of nitrogens with zero attached hydrogens (tertiary/aromatic N) is 3. The van der Waals surface area contributed by atoms with Crippen LogP contribution in [0, 0.1) is 6.92 Å². The largest absolute Gasteiger partial charge is 0.475 e. The van der Waals surface area contributed by atoms with Crippen molar-refractivity contribution in [3.05, 3.63) is 28.3 Å². The van der Waals surface area contributed by atoms with Gasteiger partial charge in [0.1, 0.15) is 0 Å². The molecule has 2 heterocycles. The second-order valence-corrected chi connectivity index (χ2v) is 5.16. The fourth-order valence-electron chi connectivity index (χ4n) is 1.39. The lowest BCUT2D eigenvalue weighted by atomic mass is 10.5. The van der Waals surface area contributed by atoms with Crippen molar-refractivity contribution < 1.29 is 4.74 Å². The highest BCUT2D eigenvalue weighted by molar-refractivity contribution is 7.09. The molecule has 0 spiro atoms. The molecule has 0 amide bonds. The van der Waals surface area contributed by atoms with Crippen LogP contribution in [0.5, 0.6) is 5.88 Å². The minimum absolute atomic E-state index is 0.106. The quantitative estimate of drug-likeness (QED) is 0.899. The average Bonchev–Trinajstić information content (AvgIpc) is 2.72. The molecule has 0 aliphatic heterocycles. The monoisotopic (exact) mass is 264 g/mol. The molecule has 96 valence electrons. The molecule has 2 rings (SSSR count). The normalized spacial score (nSPS) is 10.7. The van der Waals surface area contributed by atoms with E-state index in [1.54, 1.807) is 23.6 Å². The lowest BCUT2D eigenvalue weighted by Crippen LogP contribution is -2.09. The lowest BCUT2D eigenvalue weighted by Gasteiger charge is -2.09. The highest BCUT2D eigenvalue weighted by Crippen LogP contribution is 2.12. The fraction of sp³-hybridized carbons (Fsp3) is 0.417. The van der Waals surface area contributed by atoms with Crippen molar-refractivity contribution in [2.75, 3.05) is 5.32 Å². The Morgan fingerprint density at radius 1 is 1.39 bits per heavy atom. The average molecular weight is 264 g/mol. The van der Waals surface area contributed by atoms with E-state index in [1.807, 2.05) is 26.2 Å². The van der Waals surface area contributed by atoms with Crippen LogP contribution in [-0.2, 0) is 6.54 Å². The van der Waals surface area contributed by atoms with Crippen molar-refractivity contribution in [2.45, 2.75) is 33.4 Å². The van der Waals surface area contributed by atoms with Crippen LogP contribution in [0.1, 0.15) is 24.5 Å². The molecule has 6 heteroatoms. The maximum Gasteiger partial charge on any atom is 0.226 e. The Labute approximate surface area is 110 Å². The summed E-state index contributed by atoms with van der Waals surface area (Å²) in [5.74, 6) is 1.13. The van der Waals surface area contributed by atoms with Crippen molar-refractivity contribution in [1.29, 1.82) is 0 Å². The summed E-state index contributed by atoms with van der Waals surface area (Å²) in [6.07, 6.45) is 1.79. The Bertz CT molecular complexity index is 512.